The maximum Gasteiger partial charge on any atom is 0.264 e. The fourth-order valence-electron chi connectivity index (χ4n) is 3.33. The van der Waals surface area contributed by atoms with Crippen LogP contribution in [0.15, 0.2) is 56.9 Å². The molecule has 1 aromatic heterocycles. The zero-order valence-electron chi connectivity index (χ0n) is 15.5. The molecule has 0 bridgehead atoms. The molecule has 2 aromatic carbocycles. The highest BCUT2D eigenvalue weighted by molar-refractivity contribution is 7.93. The third-order valence-electron chi connectivity index (χ3n) is 4.85. The number of rotatable bonds is 5. The van der Waals surface area contributed by atoms with Gasteiger partial charge in [-0.1, -0.05) is 18.9 Å². The van der Waals surface area contributed by atoms with E-state index in [4.69, 9.17) is 0 Å². The highest BCUT2D eigenvalue weighted by Crippen LogP contribution is 2.25. The van der Waals surface area contributed by atoms with E-state index in [9.17, 15) is 16.8 Å². The van der Waals surface area contributed by atoms with E-state index in [2.05, 4.69) is 19.7 Å². The first-order chi connectivity index (χ1) is 13.9. The Labute approximate surface area is 168 Å². The minimum atomic E-state index is -3.96. The summed E-state index contributed by atoms with van der Waals surface area (Å²) in [5.41, 5.74) is 0.695. The Kier molecular flexibility index (Phi) is 5.28. The van der Waals surface area contributed by atoms with Crippen LogP contribution in [0.1, 0.15) is 25.7 Å². The van der Waals surface area contributed by atoms with Crippen molar-refractivity contribution in [3.05, 3.63) is 42.5 Å². The minimum absolute atomic E-state index is 0.0717. The van der Waals surface area contributed by atoms with Gasteiger partial charge in [0.2, 0.25) is 10.0 Å². The third-order valence-corrected chi connectivity index (χ3v) is 8.17. The average Bonchev–Trinajstić information content (AvgIpc) is 3.00. The summed E-state index contributed by atoms with van der Waals surface area (Å²) in [7, 11) is -7.55. The van der Waals surface area contributed by atoms with E-state index < -0.39 is 20.0 Å². The summed E-state index contributed by atoms with van der Waals surface area (Å²) in [5.74, 6) is 0. The predicted octanol–water partition coefficient (Wildman–Crippen LogP) is 2.59. The van der Waals surface area contributed by atoms with Gasteiger partial charge in [0.25, 0.3) is 10.0 Å². The van der Waals surface area contributed by atoms with Gasteiger partial charge in [-0.3, -0.25) is 4.72 Å². The first-order valence-corrected chi connectivity index (χ1v) is 12.1. The van der Waals surface area contributed by atoms with Crippen LogP contribution >= 0.6 is 0 Å². The standard InChI is InChI=1S/C18H20N4O5S2/c23-28(24,17-7-5-6-16-18(17)20-27-19-16)21-14-8-10-15(11-9-14)29(25,26)22-12-3-1-2-4-13-22/h5-11,21H,1-4,12-13H2. The molecule has 154 valence electrons. The Morgan fingerprint density at radius 1 is 0.862 bits per heavy atom. The normalized spacial score (nSPS) is 16.6. The number of fused-ring (bicyclic) bond motifs is 1. The lowest BCUT2D eigenvalue weighted by atomic mass is 10.2. The van der Waals surface area contributed by atoms with Crippen LogP contribution in [0.25, 0.3) is 11.0 Å². The molecule has 0 atom stereocenters. The maximum atomic E-state index is 12.8. The van der Waals surface area contributed by atoms with Crippen LogP contribution in [0.4, 0.5) is 5.69 Å². The van der Waals surface area contributed by atoms with Gasteiger partial charge < -0.3 is 0 Å². The van der Waals surface area contributed by atoms with Crippen molar-refractivity contribution in [2.24, 2.45) is 0 Å². The van der Waals surface area contributed by atoms with Gasteiger partial charge >= 0.3 is 0 Å². The molecule has 1 N–H and O–H groups in total. The van der Waals surface area contributed by atoms with Crippen molar-refractivity contribution in [1.82, 2.24) is 14.6 Å². The summed E-state index contributed by atoms with van der Waals surface area (Å²) in [5, 5.41) is 7.28. The summed E-state index contributed by atoms with van der Waals surface area (Å²) in [6, 6.07) is 10.2. The lowest BCUT2D eigenvalue weighted by Gasteiger charge is -2.20. The maximum absolute atomic E-state index is 12.8. The molecular weight excluding hydrogens is 416 g/mol. The second-order valence-electron chi connectivity index (χ2n) is 6.84. The van der Waals surface area contributed by atoms with Crippen LogP contribution in [0.5, 0.6) is 0 Å². The van der Waals surface area contributed by atoms with Crippen molar-refractivity contribution < 1.29 is 21.5 Å². The highest BCUT2D eigenvalue weighted by atomic mass is 32.2. The summed E-state index contributed by atoms with van der Waals surface area (Å²) >= 11 is 0. The van der Waals surface area contributed by atoms with Gasteiger partial charge in [-0.2, -0.15) is 4.31 Å². The molecule has 0 radical (unpaired) electrons. The van der Waals surface area contributed by atoms with Crippen molar-refractivity contribution in [2.45, 2.75) is 35.5 Å². The van der Waals surface area contributed by atoms with Gasteiger partial charge in [0.05, 0.1) is 4.90 Å². The second-order valence-corrected chi connectivity index (χ2v) is 10.4. The molecule has 1 saturated heterocycles. The third kappa shape index (κ3) is 3.98. The number of anilines is 1. The zero-order chi connectivity index (χ0) is 20.5. The number of nitrogens with one attached hydrogen (secondary N) is 1. The van der Waals surface area contributed by atoms with Crippen LogP contribution in [-0.4, -0.2) is 44.5 Å². The number of nitrogens with zero attached hydrogens (tertiary/aromatic N) is 3. The molecule has 0 saturated carbocycles. The van der Waals surface area contributed by atoms with Crippen LogP contribution < -0.4 is 4.72 Å². The monoisotopic (exact) mass is 436 g/mol. The van der Waals surface area contributed by atoms with Crippen LogP contribution in [0, 0.1) is 0 Å². The van der Waals surface area contributed by atoms with Crippen molar-refractivity contribution >= 4 is 36.8 Å². The molecule has 2 heterocycles. The Morgan fingerprint density at radius 2 is 1.55 bits per heavy atom. The fraction of sp³-hybridized carbons (Fsp3) is 0.333. The number of benzene rings is 2. The van der Waals surface area contributed by atoms with Gasteiger partial charge in [0.1, 0.15) is 10.4 Å². The highest BCUT2D eigenvalue weighted by Gasteiger charge is 2.25. The van der Waals surface area contributed by atoms with Crippen molar-refractivity contribution in [3.8, 4) is 0 Å². The molecule has 0 aliphatic carbocycles. The second kappa shape index (κ2) is 7.73. The molecule has 0 spiro atoms. The van der Waals surface area contributed by atoms with Gasteiger partial charge in [-0.05, 0) is 59.6 Å². The van der Waals surface area contributed by atoms with Gasteiger partial charge in [-0.15, -0.1) is 0 Å². The summed E-state index contributed by atoms with van der Waals surface area (Å²) in [6.45, 7) is 1.01. The van der Waals surface area contributed by atoms with Crippen LogP contribution in [0.2, 0.25) is 0 Å². The predicted molar refractivity (Wildman–Crippen MR) is 106 cm³/mol. The molecule has 11 heteroatoms. The lowest BCUT2D eigenvalue weighted by molar-refractivity contribution is 0.315. The smallest absolute Gasteiger partial charge is 0.264 e. The van der Waals surface area contributed by atoms with E-state index in [1.165, 1.54) is 40.7 Å². The minimum Gasteiger partial charge on any atom is -0.280 e. The van der Waals surface area contributed by atoms with E-state index >= 15 is 0 Å². The van der Waals surface area contributed by atoms with E-state index in [0.717, 1.165) is 25.7 Å². The molecule has 1 fully saturated rings. The first kappa shape index (κ1) is 19.8. The Balaban J connectivity index is 1.57. The Bertz CT molecular complexity index is 1210. The summed E-state index contributed by atoms with van der Waals surface area (Å²) in [4.78, 5) is 0.0719. The van der Waals surface area contributed by atoms with Crippen molar-refractivity contribution in [3.63, 3.8) is 0 Å². The van der Waals surface area contributed by atoms with Gasteiger partial charge in [0, 0.05) is 18.8 Å². The fourth-order valence-corrected chi connectivity index (χ4v) is 6.06. The Hall–Kier alpha value is -2.50. The average molecular weight is 437 g/mol. The first-order valence-electron chi connectivity index (χ1n) is 9.22. The largest absolute Gasteiger partial charge is 0.280 e. The summed E-state index contributed by atoms with van der Waals surface area (Å²) < 4.78 is 59.7. The number of hydrogen-bond acceptors (Lipinski definition) is 7. The Morgan fingerprint density at radius 3 is 2.24 bits per heavy atom. The molecule has 1 aliphatic rings. The van der Waals surface area contributed by atoms with Crippen molar-refractivity contribution in [2.75, 3.05) is 17.8 Å². The molecule has 29 heavy (non-hydrogen) atoms. The summed E-state index contributed by atoms with van der Waals surface area (Å²) in [6.07, 6.45) is 3.75. The van der Waals surface area contributed by atoms with E-state index in [1.54, 1.807) is 6.07 Å². The molecule has 0 amide bonds. The van der Waals surface area contributed by atoms with E-state index in [-0.39, 0.29) is 21.0 Å². The number of aromatic nitrogens is 2. The van der Waals surface area contributed by atoms with Crippen LogP contribution in [-0.2, 0) is 20.0 Å². The quantitative estimate of drug-likeness (QED) is 0.652. The SMILES string of the molecule is O=S(=O)(Nc1ccc(S(=O)(=O)N2CCCCCC2)cc1)c1cccc2nonc12. The van der Waals surface area contributed by atoms with Crippen molar-refractivity contribution in [1.29, 1.82) is 0 Å². The topological polar surface area (TPSA) is 122 Å². The molecule has 3 aromatic rings. The molecule has 0 unspecified atom stereocenters. The molecular formula is C18H20N4O5S2. The number of sulfonamides is 2. The molecule has 1 aliphatic heterocycles. The van der Waals surface area contributed by atoms with Gasteiger partial charge in [-0.25, -0.2) is 21.5 Å². The van der Waals surface area contributed by atoms with Crippen LogP contribution in [0.3, 0.4) is 0 Å². The van der Waals surface area contributed by atoms with E-state index in [1.807, 2.05) is 0 Å². The lowest BCUT2D eigenvalue weighted by Crippen LogP contribution is -2.31. The molecule has 4 rings (SSSR count). The number of hydrogen-bond donors (Lipinski definition) is 1. The van der Waals surface area contributed by atoms with E-state index in [0.29, 0.717) is 18.6 Å². The molecule has 9 nitrogen and oxygen atoms in total. The zero-order valence-corrected chi connectivity index (χ0v) is 17.1. The van der Waals surface area contributed by atoms with Gasteiger partial charge in [0.15, 0.2) is 5.52 Å².